The summed E-state index contributed by atoms with van der Waals surface area (Å²) in [6, 6.07) is 7.06. The Labute approximate surface area is 236 Å². The SMILES string of the molecule is CC(C)(C)OC(=O)N1CCC(n2cc(Nc3ncc(C(F)(F)F)c(CCc4ccccc4CC(N)=O)n3)cn2)CC1. The predicted octanol–water partition coefficient (Wildman–Crippen LogP) is 4.82. The summed E-state index contributed by atoms with van der Waals surface area (Å²) in [4.78, 5) is 33.5. The molecule has 0 radical (unpaired) electrons. The summed E-state index contributed by atoms with van der Waals surface area (Å²) in [5, 5.41) is 7.35. The van der Waals surface area contributed by atoms with Gasteiger partial charge >= 0.3 is 12.3 Å². The Morgan fingerprint density at radius 2 is 1.76 bits per heavy atom. The Kier molecular flexibility index (Phi) is 8.83. The highest BCUT2D eigenvalue weighted by atomic mass is 19.4. The van der Waals surface area contributed by atoms with E-state index in [0.717, 1.165) is 11.8 Å². The number of primary amides is 1. The molecule has 0 atom stereocenters. The highest BCUT2D eigenvalue weighted by Crippen LogP contribution is 2.32. The highest BCUT2D eigenvalue weighted by Gasteiger charge is 2.35. The Balaban J connectivity index is 1.43. The molecule has 0 unspecified atom stereocenters. The number of anilines is 2. The molecule has 1 aromatic carbocycles. The number of nitrogens with two attached hydrogens (primary N) is 1. The van der Waals surface area contributed by atoms with E-state index in [0.29, 0.717) is 37.2 Å². The van der Waals surface area contributed by atoms with Gasteiger partial charge in [0.25, 0.3) is 0 Å². The monoisotopic (exact) mass is 573 g/mol. The van der Waals surface area contributed by atoms with Gasteiger partial charge in [0.1, 0.15) is 5.60 Å². The molecule has 3 N–H and O–H groups in total. The van der Waals surface area contributed by atoms with Gasteiger partial charge in [-0.3, -0.25) is 9.48 Å². The molecule has 0 aliphatic carbocycles. The van der Waals surface area contributed by atoms with E-state index >= 15 is 0 Å². The lowest BCUT2D eigenvalue weighted by Crippen LogP contribution is -2.42. The summed E-state index contributed by atoms with van der Waals surface area (Å²) >= 11 is 0. The van der Waals surface area contributed by atoms with Crippen LogP contribution in [0.15, 0.2) is 42.9 Å². The number of ether oxygens (including phenoxy) is 1. The maximum Gasteiger partial charge on any atom is 0.419 e. The van der Waals surface area contributed by atoms with Crippen LogP contribution in [0.4, 0.5) is 29.6 Å². The fraction of sp³-hybridized carbons (Fsp3) is 0.464. The summed E-state index contributed by atoms with van der Waals surface area (Å²) in [5.41, 5.74) is 5.60. The average molecular weight is 574 g/mol. The van der Waals surface area contributed by atoms with E-state index < -0.39 is 23.2 Å². The van der Waals surface area contributed by atoms with Crippen LogP contribution in [0, 0.1) is 0 Å². The Bertz CT molecular complexity index is 1380. The molecule has 0 bridgehead atoms. The first-order valence-electron chi connectivity index (χ1n) is 13.4. The standard InChI is InChI=1S/C28H34F3N7O3/c1-27(2,3)41-26(40)37-12-10-21(11-13-37)38-17-20(15-34-38)35-25-33-16-22(28(29,30)31)23(36-25)9-8-18-6-4-5-7-19(18)14-24(32)39/h4-7,15-17,21H,8-14H2,1-3H3,(H2,32,39)(H,33,35,36). The number of carbonyl (C=O) groups is 2. The molecule has 4 rings (SSSR count). The van der Waals surface area contributed by atoms with Crippen molar-refractivity contribution in [3.63, 3.8) is 0 Å². The van der Waals surface area contributed by atoms with E-state index in [-0.39, 0.29) is 43.0 Å². The normalized spacial score (nSPS) is 14.6. The van der Waals surface area contributed by atoms with E-state index in [1.165, 1.54) is 0 Å². The minimum absolute atomic E-state index is 0.00288. The number of hydrogen-bond acceptors (Lipinski definition) is 7. The molecule has 0 saturated carbocycles. The van der Waals surface area contributed by atoms with Crippen LogP contribution in [0.25, 0.3) is 0 Å². The van der Waals surface area contributed by atoms with Gasteiger partial charge < -0.3 is 20.7 Å². The number of hydrogen-bond donors (Lipinski definition) is 2. The molecule has 3 aromatic rings. The molecule has 41 heavy (non-hydrogen) atoms. The number of nitrogens with zero attached hydrogens (tertiary/aromatic N) is 5. The van der Waals surface area contributed by atoms with Gasteiger partial charge in [0.15, 0.2) is 0 Å². The Morgan fingerprint density at radius 1 is 1.07 bits per heavy atom. The van der Waals surface area contributed by atoms with Gasteiger partial charge in [0.05, 0.1) is 35.6 Å². The van der Waals surface area contributed by atoms with Gasteiger partial charge in [-0.1, -0.05) is 24.3 Å². The average Bonchev–Trinajstić information content (AvgIpc) is 3.35. The number of benzene rings is 1. The number of aromatic nitrogens is 4. The quantitative estimate of drug-likeness (QED) is 0.395. The summed E-state index contributed by atoms with van der Waals surface area (Å²) in [5.74, 6) is -0.506. The fourth-order valence-corrected chi connectivity index (χ4v) is 4.69. The van der Waals surface area contributed by atoms with Crippen LogP contribution in [0.1, 0.15) is 62.0 Å². The molecule has 1 fully saturated rings. The molecule has 2 amide bonds. The molecular formula is C28H34F3N7O3. The summed E-state index contributed by atoms with van der Waals surface area (Å²) in [7, 11) is 0. The molecule has 2 aromatic heterocycles. The topological polar surface area (TPSA) is 128 Å². The minimum atomic E-state index is -4.63. The third-order valence-corrected chi connectivity index (χ3v) is 6.64. The second-order valence-electron chi connectivity index (χ2n) is 11.0. The van der Waals surface area contributed by atoms with Crippen molar-refractivity contribution in [2.75, 3.05) is 18.4 Å². The van der Waals surface area contributed by atoms with Crippen molar-refractivity contribution in [1.82, 2.24) is 24.6 Å². The number of rotatable bonds is 8. The van der Waals surface area contributed by atoms with Gasteiger partial charge in [-0.25, -0.2) is 14.8 Å². The lowest BCUT2D eigenvalue weighted by Gasteiger charge is -2.33. The predicted molar refractivity (Wildman–Crippen MR) is 145 cm³/mol. The lowest BCUT2D eigenvalue weighted by atomic mass is 9.98. The molecule has 220 valence electrons. The first-order chi connectivity index (χ1) is 19.3. The van der Waals surface area contributed by atoms with E-state index in [1.807, 2.05) is 20.8 Å². The third-order valence-electron chi connectivity index (χ3n) is 6.64. The zero-order chi connectivity index (χ0) is 29.8. The number of amides is 2. The smallest absolute Gasteiger partial charge is 0.419 e. The maximum absolute atomic E-state index is 13.7. The molecular weight excluding hydrogens is 539 g/mol. The number of halogens is 3. The summed E-state index contributed by atoms with van der Waals surface area (Å²) < 4.78 is 48.4. The first-order valence-corrected chi connectivity index (χ1v) is 13.4. The number of aryl methyl sites for hydroxylation is 2. The van der Waals surface area contributed by atoms with Crippen molar-refractivity contribution < 1.29 is 27.5 Å². The van der Waals surface area contributed by atoms with Crippen LogP contribution in [-0.4, -0.2) is 55.3 Å². The van der Waals surface area contributed by atoms with Crippen molar-refractivity contribution in [2.45, 2.75) is 70.7 Å². The van der Waals surface area contributed by atoms with Crippen LogP contribution < -0.4 is 11.1 Å². The van der Waals surface area contributed by atoms with Crippen molar-refractivity contribution in [3.8, 4) is 0 Å². The second-order valence-corrected chi connectivity index (χ2v) is 11.0. The van der Waals surface area contributed by atoms with E-state index in [2.05, 4.69) is 20.4 Å². The fourth-order valence-electron chi connectivity index (χ4n) is 4.69. The largest absolute Gasteiger partial charge is 0.444 e. The Morgan fingerprint density at radius 3 is 2.39 bits per heavy atom. The zero-order valence-corrected chi connectivity index (χ0v) is 23.2. The van der Waals surface area contributed by atoms with E-state index in [9.17, 15) is 22.8 Å². The minimum Gasteiger partial charge on any atom is -0.444 e. The van der Waals surface area contributed by atoms with Crippen molar-refractivity contribution in [3.05, 3.63) is 65.2 Å². The highest BCUT2D eigenvalue weighted by molar-refractivity contribution is 5.77. The molecule has 0 spiro atoms. The zero-order valence-electron chi connectivity index (χ0n) is 23.2. The van der Waals surface area contributed by atoms with Gasteiger partial charge in [-0.05, 0) is 57.6 Å². The number of piperidine rings is 1. The Hall–Kier alpha value is -4.16. The van der Waals surface area contributed by atoms with Crippen molar-refractivity contribution >= 4 is 23.6 Å². The molecule has 10 nitrogen and oxygen atoms in total. The molecule has 1 aliphatic heterocycles. The summed E-state index contributed by atoms with van der Waals surface area (Å²) in [6.45, 7) is 6.52. The number of likely N-dealkylation sites (tertiary alicyclic amines) is 1. The van der Waals surface area contributed by atoms with Crippen LogP contribution in [0.3, 0.4) is 0 Å². The van der Waals surface area contributed by atoms with Gasteiger partial charge in [0.2, 0.25) is 11.9 Å². The van der Waals surface area contributed by atoms with Gasteiger partial charge in [-0.2, -0.15) is 18.3 Å². The molecule has 1 aliphatic rings. The van der Waals surface area contributed by atoms with Crippen LogP contribution in [-0.2, 0) is 35.0 Å². The second kappa shape index (κ2) is 12.1. The molecule has 3 heterocycles. The van der Waals surface area contributed by atoms with Crippen LogP contribution >= 0.6 is 0 Å². The maximum atomic E-state index is 13.7. The van der Waals surface area contributed by atoms with Crippen molar-refractivity contribution in [1.29, 1.82) is 0 Å². The third kappa shape index (κ3) is 8.18. The molecule has 1 saturated heterocycles. The number of alkyl halides is 3. The number of nitrogens with one attached hydrogen (secondary N) is 1. The molecule has 13 heteroatoms. The van der Waals surface area contributed by atoms with Crippen molar-refractivity contribution in [2.24, 2.45) is 5.73 Å². The van der Waals surface area contributed by atoms with E-state index in [4.69, 9.17) is 10.5 Å². The van der Waals surface area contributed by atoms with Crippen LogP contribution in [0.5, 0.6) is 0 Å². The van der Waals surface area contributed by atoms with Gasteiger partial charge in [0, 0.05) is 25.5 Å². The van der Waals surface area contributed by atoms with Gasteiger partial charge in [-0.15, -0.1) is 0 Å². The summed E-state index contributed by atoms with van der Waals surface area (Å²) in [6.07, 6.45) is 0.692. The number of carbonyl (C=O) groups excluding carboxylic acids is 2. The first kappa shape index (κ1) is 29.8. The van der Waals surface area contributed by atoms with E-state index in [1.54, 1.807) is 46.2 Å². The van der Waals surface area contributed by atoms with Crippen LogP contribution in [0.2, 0.25) is 0 Å². The lowest BCUT2D eigenvalue weighted by molar-refractivity contribution is -0.138.